The van der Waals surface area contributed by atoms with Crippen molar-refractivity contribution >= 4 is 29.0 Å². The van der Waals surface area contributed by atoms with Gasteiger partial charge < -0.3 is 30.5 Å². The largest absolute Gasteiger partial charge is 0.471 e. The van der Waals surface area contributed by atoms with Gasteiger partial charge in [-0.15, -0.1) is 0 Å². The van der Waals surface area contributed by atoms with E-state index in [4.69, 9.17) is 10.5 Å². The number of carbonyl (C=O) groups is 2. The van der Waals surface area contributed by atoms with E-state index in [0.29, 0.717) is 37.5 Å². The van der Waals surface area contributed by atoms with Crippen molar-refractivity contribution in [3.63, 3.8) is 0 Å². The summed E-state index contributed by atoms with van der Waals surface area (Å²) in [5.41, 5.74) is 8.14. The van der Waals surface area contributed by atoms with Gasteiger partial charge in [-0.05, 0) is 43.8 Å². The van der Waals surface area contributed by atoms with Gasteiger partial charge in [0.25, 0.3) is 5.91 Å². The molecule has 10 heteroatoms. The number of likely N-dealkylation sites (tertiary alicyclic amines) is 1. The zero-order chi connectivity index (χ0) is 24.9. The van der Waals surface area contributed by atoms with Gasteiger partial charge in [-0.25, -0.2) is 4.98 Å². The number of nitrogens with one attached hydrogen (secondary N) is 1. The number of nitrogens with zero attached hydrogens (tertiary/aromatic N) is 5. The normalized spacial score (nSPS) is 18.4. The molecular formula is C25H33N7O3. The summed E-state index contributed by atoms with van der Waals surface area (Å²) in [7, 11) is 2.13. The van der Waals surface area contributed by atoms with Crippen LogP contribution >= 0.6 is 0 Å². The molecule has 4 rings (SSSR count). The van der Waals surface area contributed by atoms with E-state index >= 15 is 0 Å². The number of piperazine rings is 1. The van der Waals surface area contributed by atoms with Gasteiger partial charge in [0.1, 0.15) is 11.8 Å². The van der Waals surface area contributed by atoms with Crippen molar-refractivity contribution in [3.8, 4) is 5.88 Å². The highest BCUT2D eigenvalue weighted by molar-refractivity contribution is 5.96. The van der Waals surface area contributed by atoms with E-state index in [1.165, 1.54) is 6.08 Å². The average molecular weight is 480 g/mol. The first-order valence-electron chi connectivity index (χ1n) is 12.0. The molecule has 0 spiro atoms. The predicted octanol–water partition coefficient (Wildman–Crippen LogP) is 1.80. The molecule has 10 nitrogen and oxygen atoms in total. The van der Waals surface area contributed by atoms with Crippen LogP contribution in [0.25, 0.3) is 0 Å². The fraction of sp³-hybridized carbons (Fsp3) is 0.440. The minimum atomic E-state index is -0.668. The second kappa shape index (κ2) is 10.7. The maximum Gasteiger partial charge on any atom is 0.271 e. The van der Waals surface area contributed by atoms with Crippen LogP contribution in [-0.4, -0.2) is 84.0 Å². The summed E-state index contributed by atoms with van der Waals surface area (Å²) in [6.45, 7) is 10.5. The molecule has 2 aromatic rings. The number of carbonyl (C=O) groups excluding carboxylic acids is 2. The molecule has 186 valence electrons. The number of anilines is 3. The zero-order valence-corrected chi connectivity index (χ0v) is 20.4. The van der Waals surface area contributed by atoms with E-state index in [0.717, 1.165) is 37.6 Å². The van der Waals surface area contributed by atoms with Crippen LogP contribution in [0.15, 0.2) is 36.9 Å². The number of hydrogen-bond acceptors (Lipinski definition) is 8. The molecule has 2 saturated heterocycles. The Hall–Kier alpha value is -3.66. The number of nitrogens with two attached hydrogens (primary N) is 1. The number of benzene rings is 1. The van der Waals surface area contributed by atoms with Crippen LogP contribution in [0, 0.1) is 0 Å². The lowest BCUT2D eigenvalue weighted by molar-refractivity contribution is -0.125. The van der Waals surface area contributed by atoms with Gasteiger partial charge in [0.15, 0.2) is 11.5 Å². The summed E-state index contributed by atoms with van der Waals surface area (Å²) in [4.78, 5) is 39.5. The Balaban J connectivity index is 1.53. The molecule has 2 aliphatic rings. The number of aromatic nitrogens is 2. The van der Waals surface area contributed by atoms with Gasteiger partial charge in [-0.2, -0.15) is 4.98 Å². The van der Waals surface area contributed by atoms with Gasteiger partial charge in [-0.1, -0.05) is 13.5 Å². The molecule has 2 fully saturated rings. The second-order valence-electron chi connectivity index (χ2n) is 8.87. The highest BCUT2D eigenvalue weighted by Crippen LogP contribution is 2.27. The lowest BCUT2D eigenvalue weighted by atomic mass is 10.2. The minimum absolute atomic E-state index is 0.0622. The lowest BCUT2D eigenvalue weighted by Gasteiger charge is -2.34. The van der Waals surface area contributed by atoms with Gasteiger partial charge in [-0.3, -0.25) is 9.59 Å². The van der Waals surface area contributed by atoms with Crippen molar-refractivity contribution in [3.05, 3.63) is 48.3 Å². The quantitative estimate of drug-likeness (QED) is 0.551. The van der Waals surface area contributed by atoms with Gasteiger partial charge in [0.2, 0.25) is 11.8 Å². The summed E-state index contributed by atoms with van der Waals surface area (Å²) >= 11 is 0. The van der Waals surface area contributed by atoms with Crippen molar-refractivity contribution in [2.75, 3.05) is 56.5 Å². The maximum atomic E-state index is 12.1. The molecule has 1 aromatic heterocycles. The van der Waals surface area contributed by atoms with Gasteiger partial charge >= 0.3 is 0 Å². The van der Waals surface area contributed by atoms with Crippen molar-refractivity contribution in [2.45, 2.75) is 25.9 Å². The SMILES string of the molecule is C=CC(=O)N1CC[C@H](Oc2nc(Nc3ccc(N4CCN(C)CC4)cc3)c(C(N)=O)nc2CC)C1. The predicted molar refractivity (Wildman–Crippen MR) is 135 cm³/mol. The Labute approximate surface area is 205 Å². The van der Waals surface area contributed by atoms with Crippen LogP contribution in [0.5, 0.6) is 5.88 Å². The van der Waals surface area contributed by atoms with Crippen LogP contribution < -0.4 is 20.7 Å². The molecule has 2 amide bonds. The molecule has 0 unspecified atom stereocenters. The van der Waals surface area contributed by atoms with Crippen LogP contribution in [0.1, 0.15) is 29.5 Å². The first-order chi connectivity index (χ1) is 16.9. The third-order valence-electron chi connectivity index (χ3n) is 6.41. The van der Waals surface area contributed by atoms with Crippen LogP contribution in [0.3, 0.4) is 0 Å². The summed E-state index contributed by atoms with van der Waals surface area (Å²) in [6, 6.07) is 7.99. The third kappa shape index (κ3) is 5.71. The van der Waals surface area contributed by atoms with Crippen molar-refractivity contribution in [1.29, 1.82) is 0 Å². The van der Waals surface area contributed by atoms with E-state index in [2.05, 4.69) is 38.7 Å². The molecule has 1 atom stereocenters. The fourth-order valence-electron chi connectivity index (χ4n) is 4.31. The van der Waals surface area contributed by atoms with E-state index in [-0.39, 0.29) is 23.5 Å². The number of hydrogen-bond donors (Lipinski definition) is 2. The van der Waals surface area contributed by atoms with E-state index in [1.54, 1.807) is 4.90 Å². The topological polar surface area (TPSA) is 117 Å². The van der Waals surface area contributed by atoms with Crippen molar-refractivity contribution in [1.82, 2.24) is 19.8 Å². The monoisotopic (exact) mass is 479 g/mol. The summed E-state index contributed by atoms with van der Waals surface area (Å²) in [5.74, 6) is -0.204. The number of ether oxygens (including phenoxy) is 1. The zero-order valence-electron chi connectivity index (χ0n) is 20.4. The van der Waals surface area contributed by atoms with E-state index in [9.17, 15) is 9.59 Å². The Morgan fingerprint density at radius 3 is 2.51 bits per heavy atom. The molecule has 3 heterocycles. The molecule has 2 aliphatic heterocycles. The van der Waals surface area contributed by atoms with Gasteiger partial charge in [0.05, 0.1) is 6.54 Å². The molecule has 0 radical (unpaired) electrons. The smallest absolute Gasteiger partial charge is 0.271 e. The van der Waals surface area contributed by atoms with Crippen molar-refractivity contribution < 1.29 is 14.3 Å². The van der Waals surface area contributed by atoms with E-state index < -0.39 is 5.91 Å². The number of rotatable bonds is 8. The molecular weight excluding hydrogens is 446 g/mol. The number of aryl methyl sites for hydroxylation is 1. The van der Waals surface area contributed by atoms with Crippen LogP contribution in [-0.2, 0) is 11.2 Å². The Morgan fingerprint density at radius 1 is 1.17 bits per heavy atom. The number of primary amides is 1. The van der Waals surface area contributed by atoms with Crippen LogP contribution in [0.4, 0.5) is 17.2 Å². The fourth-order valence-corrected chi connectivity index (χ4v) is 4.31. The standard InChI is InChI=1S/C25H33N7O3/c1-4-20-25(35-19-10-11-32(16-19)21(33)5-2)29-24(22(28-20)23(26)34)27-17-6-8-18(9-7-17)31-14-12-30(3)13-15-31/h5-9,19H,2,4,10-16H2,1,3H3,(H2,26,34)(H,27,29)/t19-/m0/s1. The van der Waals surface area contributed by atoms with Crippen LogP contribution in [0.2, 0.25) is 0 Å². The van der Waals surface area contributed by atoms with E-state index in [1.807, 2.05) is 31.2 Å². The summed E-state index contributed by atoms with van der Waals surface area (Å²) in [5, 5.41) is 3.18. The second-order valence-corrected chi connectivity index (χ2v) is 8.87. The average Bonchev–Trinajstić information content (AvgIpc) is 3.33. The maximum absolute atomic E-state index is 12.1. The molecule has 1 aromatic carbocycles. The van der Waals surface area contributed by atoms with Gasteiger partial charge in [0, 0.05) is 50.5 Å². The third-order valence-corrected chi connectivity index (χ3v) is 6.41. The first kappa shape index (κ1) is 24.5. The molecule has 3 N–H and O–H groups in total. The Morgan fingerprint density at radius 2 is 1.89 bits per heavy atom. The molecule has 0 aliphatic carbocycles. The van der Waals surface area contributed by atoms with Crippen molar-refractivity contribution in [2.24, 2.45) is 5.73 Å². The molecule has 0 bridgehead atoms. The lowest BCUT2D eigenvalue weighted by Crippen LogP contribution is -2.44. The number of likely N-dealkylation sites (N-methyl/N-ethyl adjacent to an activating group) is 1. The minimum Gasteiger partial charge on any atom is -0.471 e. The highest BCUT2D eigenvalue weighted by atomic mass is 16.5. The highest BCUT2D eigenvalue weighted by Gasteiger charge is 2.28. The summed E-state index contributed by atoms with van der Waals surface area (Å²) in [6.07, 6.45) is 2.29. The molecule has 0 saturated carbocycles. The Bertz CT molecular complexity index is 1080. The summed E-state index contributed by atoms with van der Waals surface area (Å²) < 4.78 is 6.14. The molecule has 35 heavy (non-hydrogen) atoms. The Kier molecular flexibility index (Phi) is 7.50. The first-order valence-corrected chi connectivity index (χ1v) is 12.0. The number of amides is 2.